The van der Waals surface area contributed by atoms with Gasteiger partial charge in [0.15, 0.2) is 0 Å². The Balaban J connectivity index is 1.55. The molecule has 0 saturated heterocycles. The van der Waals surface area contributed by atoms with Crippen LogP contribution in [0.2, 0.25) is 0 Å². The first-order chi connectivity index (χ1) is 16.2. The lowest BCUT2D eigenvalue weighted by atomic mass is 9.95. The lowest BCUT2D eigenvalue weighted by molar-refractivity contribution is -0.138. The number of thioether (sulfide) groups is 1. The highest BCUT2D eigenvalue weighted by atomic mass is 32.2. The van der Waals surface area contributed by atoms with Gasteiger partial charge >= 0.3 is 12.1 Å². The van der Waals surface area contributed by atoms with Gasteiger partial charge in [0.25, 0.3) is 0 Å². The highest BCUT2D eigenvalue weighted by Crippen LogP contribution is 2.44. The summed E-state index contributed by atoms with van der Waals surface area (Å²) in [5, 5.41) is 12.4. The van der Waals surface area contributed by atoms with Crippen LogP contribution in [0.15, 0.2) is 11.1 Å². The third-order valence-electron chi connectivity index (χ3n) is 5.66. The molecule has 2 heterocycles. The van der Waals surface area contributed by atoms with Gasteiger partial charge in [0.1, 0.15) is 16.1 Å². The number of nitrogens with zero attached hydrogens (tertiary/aromatic N) is 2. The predicted octanol–water partition coefficient (Wildman–Crippen LogP) is 5.70. The standard InChI is InChI=1S/C23H22F3N3O3S2/c1-2-32-22(31)19-13-5-3-4-6-17(13)34-21(19)29-18(30)11-33-20-14(10-27)15(23(24,25)26)9-16(28-20)12-7-8-12/h9,12H,2-8,11H2,1H3,(H,29,30). The molecule has 0 bridgehead atoms. The summed E-state index contributed by atoms with van der Waals surface area (Å²) in [5.74, 6) is -1.29. The van der Waals surface area contributed by atoms with Crippen molar-refractivity contribution in [2.75, 3.05) is 17.7 Å². The second-order valence-electron chi connectivity index (χ2n) is 8.13. The third-order valence-corrected chi connectivity index (χ3v) is 7.85. The van der Waals surface area contributed by atoms with Crippen LogP contribution >= 0.6 is 23.1 Å². The Bertz CT molecular complexity index is 1170. The minimum absolute atomic E-state index is 0.0494. The summed E-state index contributed by atoms with van der Waals surface area (Å²) >= 11 is 2.13. The van der Waals surface area contributed by atoms with E-state index in [4.69, 9.17) is 4.74 Å². The molecule has 11 heteroatoms. The Kier molecular flexibility index (Phi) is 7.19. The Morgan fingerprint density at radius 3 is 2.71 bits per heavy atom. The van der Waals surface area contributed by atoms with Gasteiger partial charge in [-0.1, -0.05) is 11.8 Å². The fourth-order valence-electron chi connectivity index (χ4n) is 3.93. The van der Waals surface area contributed by atoms with Crippen molar-refractivity contribution in [2.45, 2.75) is 62.6 Å². The van der Waals surface area contributed by atoms with Gasteiger partial charge in [-0.15, -0.1) is 11.3 Å². The molecule has 180 valence electrons. The van der Waals surface area contributed by atoms with E-state index < -0.39 is 29.2 Å². The SMILES string of the molecule is CCOC(=O)c1c(NC(=O)CSc2nc(C3CC3)cc(C(F)(F)F)c2C#N)sc2c1CCCC2. The predicted molar refractivity (Wildman–Crippen MR) is 122 cm³/mol. The number of halogens is 3. The number of nitriles is 1. The Hall–Kier alpha value is -2.58. The molecule has 0 spiro atoms. The molecular formula is C23H22F3N3O3S2. The number of pyridine rings is 1. The van der Waals surface area contributed by atoms with E-state index in [9.17, 15) is 28.0 Å². The maximum Gasteiger partial charge on any atom is 0.417 e. The van der Waals surface area contributed by atoms with Gasteiger partial charge in [-0.3, -0.25) is 4.79 Å². The summed E-state index contributed by atoms with van der Waals surface area (Å²) in [7, 11) is 0. The molecule has 6 nitrogen and oxygen atoms in total. The minimum atomic E-state index is -4.69. The largest absolute Gasteiger partial charge is 0.462 e. The van der Waals surface area contributed by atoms with Crippen molar-refractivity contribution in [1.29, 1.82) is 5.26 Å². The zero-order chi connectivity index (χ0) is 24.5. The Morgan fingerprint density at radius 2 is 2.06 bits per heavy atom. The van der Waals surface area contributed by atoms with E-state index in [1.54, 1.807) is 13.0 Å². The smallest absolute Gasteiger partial charge is 0.417 e. The van der Waals surface area contributed by atoms with Crippen molar-refractivity contribution in [3.05, 3.63) is 38.9 Å². The van der Waals surface area contributed by atoms with Crippen molar-refractivity contribution < 1.29 is 27.5 Å². The number of rotatable bonds is 7. The average molecular weight is 510 g/mol. The maximum absolute atomic E-state index is 13.6. The first-order valence-corrected chi connectivity index (χ1v) is 12.8. The van der Waals surface area contributed by atoms with Gasteiger partial charge in [0, 0.05) is 16.5 Å². The third kappa shape index (κ3) is 5.23. The summed E-state index contributed by atoms with van der Waals surface area (Å²) in [6, 6.07) is 2.55. The Morgan fingerprint density at radius 1 is 1.32 bits per heavy atom. The number of carbonyl (C=O) groups excluding carboxylic acids is 2. The molecule has 0 aliphatic heterocycles. The molecule has 2 aromatic heterocycles. The number of ether oxygens (including phenoxy) is 1. The summed E-state index contributed by atoms with van der Waals surface area (Å²) in [6.07, 6.45) is 0.303. The Labute approximate surface area is 202 Å². The number of aryl methyl sites for hydroxylation is 1. The quantitative estimate of drug-likeness (QED) is 0.380. The molecule has 34 heavy (non-hydrogen) atoms. The number of aromatic nitrogens is 1. The van der Waals surface area contributed by atoms with E-state index in [0.29, 0.717) is 16.3 Å². The molecular weight excluding hydrogens is 487 g/mol. The fraction of sp³-hybridized carbons (Fsp3) is 0.478. The van der Waals surface area contributed by atoms with Crippen LogP contribution in [0, 0.1) is 11.3 Å². The first-order valence-electron chi connectivity index (χ1n) is 11.0. The lowest BCUT2D eigenvalue weighted by Crippen LogP contribution is -2.17. The molecule has 0 radical (unpaired) electrons. The van der Waals surface area contributed by atoms with Crippen LogP contribution in [-0.4, -0.2) is 29.2 Å². The van der Waals surface area contributed by atoms with Gasteiger partial charge in [-0.25, -0.2) is 9.78 Å². The van der Waals surface area contributed by atoms with E-state index in [0.717, 1.165) is 66.8 Å². The van der Waals surface area contributed by atoms with Crippen molar-refractivity contribution in [1.82, 2.24) is 4.98 Å². The lowest BCUT2D eigenvalue weighted by Gasteiger charge is -2.14. The number of hydrogen-bond acceptors (Lipinski definition) is 7. The van der Waals surface area contributed by atoms with Gasteiger partial charge in [0.2, 0.25) is 5.91 Å². The van der Waals surface area contributed by atoms with Crippen LogP contribution in [0.25, 0.3) is 0 Å². The molecule has 0 atom stereocenters. The summed E-state index contributed by atoms with van der Waals surface area (Å²) in [6.45, 7) is 1.91. The van der Waals surface area contributed by atoms with Crippen molar-refractivity contribution in [3.63, 3.8) is 0 Å². The van der Waals surface area contributed by atoms with Crippen LogP contribution < -0.4 is 5.32 Å². The van der Waals surface area contributed by atoms with Crippen molar-refractivity contribution in [2.24, 2.45) is 0 Å². The number of nitrogens with one attached hydrogen (secondary N) is 1. The molecule has 2 aliphatic carbocycles. The zero-order valence-corrected chi connectivity index (χ0v) is 20.0. The molecule has 1 N–H and O–H groups in total. The molecule has 1 saturated carbocycles. The van der Waals surface area contributed by atoms with E-state index in [-0.39, 0.29) is 23.3 Å². The molecule has 1 fully saturated rings. The molecule has 4 rings (SSSR count). The van der Waals surface area contributed by atoms with Crippen LogP contribution in [0.4, 0.5) is 18.2 Å². The van der Waals surface area contributed by atoms with E-state index >= 15 is 0 Å². The molecule has 2 aliphatic rings. The topological polar surface area (TPSA) is 92.1 Å². The first kappa shape index (κ1) is 24.5. The monoisotopic (exact) mass is 509 g/mol. The number of fused-ring (bicyclic) bond motifs is 1. The zero-order valence-electron chi connectivity index (χ0n) is 18.4. The van der Waals surface area contributed by atoms with Gasteiger partial charge in [0.05, 0.1) is 29.1 Å². The molecule has 1 amide bonds. The van der Waals surface area contributed by atoms with Crippen LogP contribution in [0.5, 0.6) is 0 Å². The van der Waals surface area contributed by atoms with Crippen LogP contribution in [0.1, 0.15) is 76.1 Å². The fourth-order valence-corrected chi connectivity index (χ4v) is 6.04. The van der Waals surface area contributed by atoms with Crippen LogP contribution in [0.3, 0.4) is 0 Å². The van der Waals surface area contributed by atoms with Gasteiger partial charge < -0.3 is 10.1 Å². The number of anilines is 1. The van der Waals surface area contributed by atoms with Gasteiger partial charge in [-0.2, -0.15) is 18.4 Å². The number of carbonyl (C=O) groups is 2. The minimum Gasteiger partial charge on any atom is -0.462 e. The van der Waals surface area contributed by atoms with E-state index in [2.05, 4.69) is 10.3 Å². The van der Waals surface area contributed by atoms with Crippen molar-refractivity contribution in [3.8, 4) is 6.07 Å². The normalized spacial score (nSPS) is 15.4. The molecule has 0 unspecified atom stereocenters. The van der Waals surface area contributed by atoms with E-state index in [1.807, 2.05) is 0 Å². The number of hydrogen-bond donors (Lipinski definition) is 1. The molecule has 0 aromatic carbocycles. The summed E-state index contributed by atoms with van der Waals surface area (Å²) in [5.41, 5.74) is -0.0348. The van der Waals surface area contributed by atoms with Gasteiger partial charge in [-0.05, 0) is 57.1 Å². The second kappa shape index (κ2) is 9.96. The number of alkyl halides is 3. The van der Waals surface area contributed by atoms with Crippen molar-refractivity contribution >= 4 is 40.0 Å². The summed E-state index contributed by atoms with van der Waals surface area (Å²) in [4.78, 5) is 30.6. The number of esters is 1. The second-order valence-corrected chi connectivity index (χ2v) is 10.2. The van der Waals surface area contributed by atoms with Crippen LogP contribution in [-0.2, 0) is 28.5 Å². The molecule has 2 aromatic rings. The highest BCUT2D eigenvalue weighted by Gasteiger charge is 2.38. The number of thiophene rings is 1. The number of amides is 1. The summed E-state index contributed by atoms with van der Waals surface area (Å²) < 4.78 is 45.8. The average Bonchev–Trinajstić information content (AvgIpc) is 3.57. The maximum atomic E-state index is 13.6. The highest BCUT2D eigenvalue weighted by molar-refractivity contribution is 8.00. The van der Waals surface area contributed by atoms with E-state index in [1.165, 1.54) is 11.3 Å².